The molecule has 2 N–H and O–H groups in total. The van der Waals surface area contributed by atoms with Crippen LogP contribution in [0.25, 0.3) is 5.69 Å². The predicted octanol–water partition coefficient (Wildman–Crippen LogP) is 3.64. The Morgan fingerprint density at radius 2 is 1.91 bits per heavy atom. The maximum absolute atomic E-state index is 12.8. The average molecular weight is 469 g/mol. The molecule has 0 spiro atoms. The van der Waals surface area contributed by atoms with Gasteiger partial charge in [0.25, 0.3) is 0 Å². The first-order valence-electron chi connectivity index (χ1n) is 11.8. The number of carbonyl (C=O) groups excluding carboxylic acids is 1. The fourth-order valence-electron chi connectivity index (χ4n) is 4.19. The van der Waals surface area contributed by atoms with Gasteiger partial charge in [-0.25, -0.2) is 14.6 Å². The van der Waals surface area contributed by atoms with Crippen molar-refractivity contribution in [3.05, 3.63) is 84.6 Å². The van der Waals surface area contributed by atoms with Gasteiger partial charge in [-0.1, -0.05) is 29.8 Å². The van der Waals surface area contributed by atoms with E-state index in [0.29, 0.717) is 19.0 Å². The Morgan fingerprint density at radius 3 is 2.69 bits per heavy atom. The van der Waals surface area contributed by atoms with E-state index in [-0.39, 0.29) is 11.8 Å². The molecule has 2 aromatic heterocycles. The van der Waals surface area contributed by atoms with Crippen molar-refractivity contribution in [2.75, 3.05) is 23.3 Å². The Bertz CT molecular complexity index is 1260. The van der Waals surface area contributed by atoms with Gasteiger partial charge < -0.3 is 15.5 Å². The molecule has 178 valence electrons. The lowest BCUT2D eigenvalue weighted by atomic mass is 9.97. The number of aromatic nitrogens is 5. The Labute approximate surface area is 204 Å². The molecule has 1 atom stereocenters. The molecule has 9 heteroatoms. The minimum absolute atomic E-state index is 0.0649. The van der Waals surface area contributed by atoms with Crippen LogP contribution in [0.4, 0.5) is 17.5 Å². The van der Waals surface area contributed by atoms with Crippen LogP contribution in [0.3, 0.4) is 0 Å². The Morgan fingerprint density at radius 1 is 1.09 bits per heavy atom. The van der Waals surface area contributed by atoms with Crippen LogP contribution in [0.5, 0.6) is 0 Å². The molecule has 0 aliphatic carbocycles. The van der Waals surface area contributed by atoms with E-state index >= 15 is 0 Å². The standard InChI is InChI=1S/C26H28N8O/c1-19-4-6-20(7-5-19)15-29-25(35)21-3-2-14-33(16-21)24-12-13-28-26(32-24)31-22-8-10-23(11-9-22)34-18-27-17-30-34/h4-13,17-18,21H,2-3,14-16H2,1H3,(H,29,35)(H,28,31,32)/t21-/m0/s1. The smallest absolute Gasteiger partial charge is 0.229 e. The zero-order valence-electron chi connectivity index (χ0n) is 19.6. The molecule has 0 unspecified atom stereocenters. The lowest BCUT2D eigenvalue weighted by Gasteiger charge is -2.33. The summed E-state index contributed by atoms with van der Waals surface area (Å²) in [7, 11) is 0. The lowest BCUT2D eigenvalue weighted by molar-refractivity contribution is -0.125. The van der Waals surface area contributed by atoms with Gasteiger partial charge in [-0.15, -0.1) is 0 Å². The van der Waals surface area contributed by atoms with Gasteiger partial charge in [0.1, 0.15) is 18.5 Å². The van der Waals surface area contributed by atoms with Crippen molar-refractivity contribution < 1.29 is 4.79 Å². The van der Waals surface area contributed by atoms with Gasteiger partial charge in [0, 0.05) is 31.5 Å². The molecule has 1 aliphatic rings. The maximum Gasteiger partial charge on any atom is 0.229 e. The van der Waals surface area contributed by atoms with E-state index in [9.17, 15) is 4.79 Å². The lowest BCUT2D eigenvalue weighted by Crippen LogP contribution is -2.43. The summed E-state index contributed by atoms with van der Waals surface area (Å²) in [5, 5.41) is 10.5. The van der Waals surface area contributed by atoms with Gasteiger partial charge in [0.05, 0.1) is 11.6 Å². The number of aryl methyl sites for hydroxylation is 1. The largest absolute Gasteiger partial charge is 0.356 e. The Balaban J connectivity index is 1.20. The van der Waals surface area contributed by atoms with Crippen molar-refractivity contribution in [1.29, 1.82) is 0 Å². The Kier molecular flexibility index (Phi) is 6.65. The highest BCUT2D eigenvalue weighted by atomic mass is 16.1. The van der Waals surface area contributed by atoms with E-state index in [1.165, 1.54) is 11.9 Å². The number of anilines is 3. The topological polar surface area (TPSA) is 101 Å². The summed E-state index contributed by atoms with van der Waals surface area (Å²) in [5.41, 5.74) is 4.11. The molecule has 1 aliphatic heterocycles. The van der Waals surface area contributed by atoms with Gasteiger partial charge in [-0.3, -0.25) is 4.79 Å². The fourth-order valence-corrected chi connectivity index (χ4v) is 4.19. The van der Waals surface area contributed by atoms with Gasteiger partial charge >= 0.3 is 0 Å². The van der Waals surface area contributed by atoms with Gasteiger partial charge in [-0.2, -0.15) is 10.1 Å². The van der Waals surface area contributed by atoms with Crippen molar-refractivity contribution >= 4 is 23.4 Å². The first-order valence-corrected chi connectivity index (χ1v) is 11.8. The molecule has 1 amide bonds. The summed E-state index contributed by atoms with van der Waals surface area (Å²) in [5.74, 6) is 1.36. The van der Waals surface area contributed by atoms with Crippen LogP contribution in [-0.4, -0.2) is 43.7 Å². The summed E-state index contributed by atoms with van der Waals surface area (Å²) in [6.07, 6.45) is 6.73. The van der Waals surface area contributed by atoms with Crippen molar-refractivity contribution in [2.24, 2.45) is 5.92 Å². The van der Waals surface area contributed by atoms with Gasteiger partial charge in [-0.05, 0) is 55.7 Å². The summed E-state index contributed by atoms with van der Waals surface area (Å²) >= 11 is 0. The third kappa shape index (κ3) is 5.63. The number of carbonyl (C=O) groups is 1. The van der Waals surface area contributed by atoms with Crippen LogP contribution >= 0.6 is 0 Å². The van der Waals surface area contributed by atoms with E-state index in [1.807, 2.05) is 30.3 Å². The molecular formula is C26H28N8O. The van der Waals surface area contributed by atoms with Gasteiger partial charge in [0.2, 0.25) is 11.9 Å². The third-order valence-corrected chi connectivity index (χ3v) is 6.15. The number of benzene rings is 2. The zero-order chi connectivity index (χ0) is 24.0. The minimum atomic E-state index is -0.0649. The highest BCUT2D eigenvalue weighted by Gasteiger charge is 2.26. The predicted molar refractivity (Wildman–Crippen MR) is 135 cm³/mol. The number of nitrogens with one attached hydrogen (secondary N) is 2. The second-order valence-electron chi connectivity index (χ2n) is 8.74. The first-order chi connectivity index (χ1) is 17.1. The number of amides is 1. The summed E-state index contributed by atoms with van der Waals surface area (Å²) in [4.78, 5) is 28.1. The molecule has 1 saturated heterocycles. The zero-order valence-corrected chi connectivity index (χ0v) is 19.6. The highest BCUT2D eigenvalue weighted by Crippen LogP contribution is 2.23. The molecule has 5 rings (SSSR count). The first kappa shape index (κ1) is 22.5. The highest BCUT2D eigenvalue weighted by molar-refractivity contribution is 5.79. The maximum atomic E-state index is 12.8. The Hall–Kier alpha value is -4.27. The monoisotopic (exact) mass is 468 g/mol. The van der Waals surface area contributed by atoms with Crippen molar-refractivity contribution in [2.45, 2.75) is 26.3 Å². The molecule has 4 aromatic rings. The summed E-state index contributed by atoms with van der Waals surface area (Å²) < 4.78 is 1.70. The van der Waals surface area contributed by atoms with Crippen LogP contribution in [0.1, 0.15) is 24.0 Å². The minimum Gasteiger partial charge on any atom is -0.356 e. The molecule has 0 saturated carbocycles. The average Bonchev–Trinajstić information content (AvgIpc) is 3.44. The van der Waals surface area contributed by atoms with E-state index in [4.69, 9.17) is 4.98 Å². The van der Waals surface area contributed by atoms with Crippen LogP contribution in [0, 0.1) is 12.8 Å². The third-order valence-electron chi connectivity index (χ3n) is 6.15. The van der Waals surface area contributed by atoms with E-state index in [0.717, 1.165) is 42.1 Å². The second kappa shape index (κ2) is 10.3. The second-order valence-corrected chi connectivity index (χ2v) is 8.74. The molecule has 9 nitrogen and oxygen atoms in total. The molecule has 1 fully saturated rings. The summed E-state index contributed by atoms with van der Waals surface area (Å²) in [6, 6.07) is 17.9. The molecule has 3 heterocycles. The van der Waals surface area contributed by atoms with E-state index < -0.39 is 0 Å². The molecule has 2 aromatic carbocycles. The number of hydrogen-bond donors (Lipinski definition) is 2. The van der Waals surface area contributed by atoms with Crippen LogP contribution < -0.4 is 15.5 Å². The van der Waals surface area contributed by atoms with Crippen LogP contribution in [0.15, 0.2) is 73.4 Å². The summed E-state index contributed by atoms with van der Waals surface area (Å²) in [6.45, 7) is 4.12. The normalized spacial score (nSPS) is 15.6. The van der Waals surface area contributed by atoms with Gasteiger partial charge in [0.15, 0.2) is 0 Å². The number of rotatable bonds is 7. The van der Waals surface area contributed by atoms with E-state index in [2.05, 4.69) is 61.8 Å². The van der Waals surface area contributed by atoms with Crippen molar-refractivity contribution in [3.63, 3.8) is 0 Å². The fraction of sp³-hybridized carbons (Fsp3) is 0.269. The molecular weight excluding hydrogens is 440 g/mol. The number of nitrogens with zero attached hydrogens (tertiary/aromatic N) is 6. The molecule has 0 bridgehead atoms. The quantitative estimate of drug-likeness (QED) is 0.427. The molecule has 0 radical (unpaired) electrons. The molecule has 35 heavy (non-hydrogen) atoms. The number of piperidine rings is 1. The van der Waals surface area contributed by atoms with Crippen LogP contribution in [-0.2, 0) is 11.3 Å². The SMILES string of the molecule is Cc1ccc(CNC(=O)[C@H]2CCCN(c3ccnc(Nc4ccc(-n5cncn5)cc4)n3)C2)cc1. The van der Waals surface area contributed by atoms with Crippen molar-refractivity contribution in [3.8, 4) is 5.69 Å². The van der Waals surface area contributed by atoms with E-state index in [1.54, 1.807) is 17.2 Å². The van der Waals surface area contributed by atoms with Crippen molar-refractivity contribution in [1.82, 2.24) is 30.0 Å². The number of hydrogen-bond acceptors (Lipinski definition) is 7. The van der Waals surface area contributed by atoms with Crippen LogP contribution in [0.2, 0.25) is 0 Å².